The molecule has 7 heteroatoms. The van der Waals surface area contributed by atoms with Crippen LogP contribution in [0.2, 0.25) is 0 Å². The van der Waals surface area contributed by atoms with E-state index in [1.807, 2.05) is 13.8 Å². The Morgan fingerprint density at radius 2 is 2.09 bits per heavy atom. The Morgan fingerprint density at radius 3 is 2.61 bits per heavy atom. The highest BCUT2D eigenvalue weighted by atomic mass is 19.4. The summed E-state index contributed by atoms with van der Waals surface area (Å²) in [5.74, 6) is -0.896. The van der Waals surface area contributed by atoms with Gasteiger partial charge in [-0.05, 0) is 31.4 Å². The number of benzene rings is 1. The third-order valence-electron chi connectivity index (χ3n) is 3.60. The van der Waals surface area contributed by atoms with Crippen LogP contribution in [0.25, 0.3) is 0 Å². The van der Waals surface area contributed by atoms with E-state index in [0.29, 0.717) is 0 Å². The molecule has 0 radical (unpaired) electrons. The molecule has 1 N–H and O–H groups in total. The molecule has 1 heterocycles. The number of nitrogens with zero attached hydrogens (tertiary/aromatic N) is 2. The monoisotopic (exact) mass is 328 g/mol. The van der Waals surface area contributed by atoms with Gasteiger partial charge >= 0.3 is 6.18 Å². The van der Waals surface area contributed by atoms with Crippen LogP contribution in [0.15, 0.2) is 29.4 Å². The minimum atomic E-state index is -4.99. The summed E-state index contributed by atoms with van der Waals surface area (Å²) in [4.78, 5) is 12.5. The van der Waals surface area contributed by atoms with E-state index < -0.39 is 24.2 Å². The normalized spacial score (nSPS) is 21.7. The van der Waals surface area contributed by atoms with Gasteiger partial charge in [0, 0.05) is 17.7 Å². The predicted molar refractivity (Wildman–Crippen MR) is 79.9 cm³/mol. The molecule has 0 unspecified atom stereocenters. The Bertz CT molecular complexity index is 640. The summed E-state index contributed by atoms with van der Waals surface area (Å²) in [5, 5.41) is 14.1. The van der Waals surface area contributed by atoms with E-state index >= 15 is 0 Å². The summed E-state index contributed by atoms with van der Waals surface area (Å²) in [6, 6.07) is 6.17. The molecule has 1 aromatic carbocycles. The molecule has 126 valence electrons. The molecule has 0 aliphatic carbocycles. The third-order valence-corrected chi connectivity index (χ3v) is 3.60. The fraction of sp³-hybridized carbons (Fsp3) is 0.500. The molecule has 1 aliphatic heterocycles. The summed E-state index contributed by atoms with van der Waals surface area (Å²) >= 11 is 0. The lowest BCUT2D eigenvalue weighted by Gasteiger charge is -2.32. The number of amides is 1. The summed E-state index contributed by atoms with van der Waals surface area (Å²) in [7, 11) is 0. The van der Waals surface area contributed by atoms with Crippen molar-refractivity contribution >= 4 is 11.6 Å². The number of rotatable bonds is 3. The number of alkyl halides is 3. The molecule has 1 aromatic rings. The molecule has 1 aliphatic rings. The van der Waals surface area contributed by atoms with Gasteiger partial charge in [0.25, 0.3) is 11.6 Å². The van der Waals surface area contributed by atoms with Crippen molar-refractivity contribution in [2.45, 2.75) is 45.5 Å². The van der Waals surface area contributed by atoms with Crippen molar-refractivity contribution in [2.75, 3.05) is 0 Å². The minimum absolute atomic E-state index is 0.0576. The summed E-state index contributed by atoms with van der Waals surface area (Å²) in [6.07, 6.45) is -5.42. The van der Waals surface area contributed by atoms with Gasteiger partial charge in [-0.1, -0.05) is 31.5 Å². The first-order valence-corrected chi connectivity index (χ1v) is 7.31. The van der Waals surface area contributed by atoms with Crippen LogP contribution in [-0.2, 0) is 0 Å². The molecule has 0 saturated heterocycles. The molecule has 0 aromatic heterocycles. The van der Waals surface area contributed by atoms with Crippen molar-refractivity contribution < 1.29 is 23.1 Å². The first kappa shape index (κ1) is 17.5. The topological polar surface area (TPSA) is 52.9 Å². The van der Waals surface area contributed by atoms with Crippen LogP contribution in [0, 0.1) is 12.8 Å². The van der Waals surface area contributed by atoms with Crippen molar-refractivity contribution in [1.29, 1.82) is 0 Å². The van der Waals surface area contributed by atoms with Crippen LogP contribution in [0.3, 0.4) is 0 Å². The molecule has 23 heavy (non-hydrogen) atoms. The maximum absolute atomic E-state index is 13.3. The average Bonchev–Trinajstić information content (AvgIpc) is 2.74. The SMILES string of the molecule is Cc1cccc(C(=O)N2N=C(CC(C)C)C[C@@]2(O)C(F)(F)F)c1. The molecular weight excluding hydrogens is 309 g/mol. The number of hydrazone groups is 1. The number of halogens is 3. The highest BCUT2D eigenvalue weighted by Crippen LogP contribution is 2.41. The Balaban J connectivity index is 2.41. The highest BCUT2D eigenvalue weighted by molar-refractivity contribution is 5.98. The maximum Gasteiger partial charge on any atom is 0.438 e. The van der Waals surface area contributed by atoms with E-state index in [-0.39, 0.29) is 28.6 Å². The highest BCUT2D eigenvalue weighted by Gasteiger charge is 2.63. The quantitative estimate of drug-likeness (QED) is 0.923. The summed E-state index contributed by atoms with van der Waals surface area (Å²) in [6.45, 7) is 5.39. The van der Waals surface area contributed by atoms with Crippen LogP contribution >= 0.6 is 0 Å². The smallest absolute Gasteiger partial charge is 0.362 e. The van der Waals surface area contributed by atoms with Gasteiger partial charge < -0.3 is 5.11 Å². The molecule has 0 spiro atoms. The Labute approximate surface area is 132 Å². The van der Waals surface area contributed by atoms with E-state index in [4.69, 9.17) is 0 Å². The fourth-order valence-electron chi connectivity index (χ4n) is 2.54. The second-order valence-electron chi connectivity index (χ2n) is 6.24. The number of hydrogen-bond donors (Lipinski definition) is 1. The Kier molecular flexibility index (Phi) is 4.52. The van der Waals surface area contributed by atoms with Crippen LogP contribution in [0.5, 0.6) is 0 Å². The van der Waals surface area contributed by atoms with E-state index in [1.165, 1.54) is 12.1 Å². The lowest BCUT2D eigenvalue weighted by Crippen LogP contribution is -2.56. The van der Waals surface area contributed by atoms with Gasteiger partial charge in [-0.15, -0.1) is 0 Å². The van der Waals surface area contributed by atoms with Crippen LogP contribution < -0.4 is 0 Å². The second kappa shape index (κ2) is 5.96. The maximum atomic E-state index is 13.3. The zero-order chi connectivity index (χ0) is 17.4. The zero-order valence-electron chi connectivity index (χ0n) is 13.2. The van der Waals surface area contributed by atoms with E-state index in [0.717, 1.165) is 5.56 Å². The van der Waals surface area contributed by atoms with Crippen molar-refractivity contribution in [1.82, 2.24) is 5.01 Å². The number of carbonyl (C=O) groups excluding carboxylic acids is 1. The Morgan fingerprint density at radius 1 is 1.43 bits per heavy atom. The van der Waals surface area contributed by atoms with Crippen molar-refractivity contribution in [2.24, 2.45) is 11.0 Å². The average molecular weight is 328 g/mol. The molecule has 0 saturated carbocycles. The zero-order valence-corrected chi connectivity index (χ0v) is 13.2. The largest absolute Gasteiger partial charge is 0.438 e. The lowest BCUT2D eigenvalue weighted by molar-refractivity contribution is -0.297. The second-order valence-corrected chi connectivity index (χ2v) is 6.24. The van der Waals surface area contributed by atoms with Crippen molar-refractivity contribution in [3.63, 3.8) is 0 Å². The molecule has 2 rings (SSSR count). The van der Waals surface area contributed by atoms with Crippen LogP contribution in [0.4, 0.5) is 13.2 Å². The number of aliphatic hydroxyl groups is 1. The van der Waals surface area contributed by atoms with Crippen LogP contribution in [0.1, 0.15) is 42.6 Å². The van der Waals surface area contributed by atoms with Gasteiger partial charge in [0.15, 0.2) is 0 Å². The van der Waals surface area contributed by atoms with Crippen LogP contribution in [-0.4, -0.2) is 33.6 Å². The summed E-state index contributed by atoms with van der Waals surface area (Å²) in [5.41, 5.74) is -2.34. The van der Waals surface area contributed by atoms with Gasteiger partial charge in [-0.25, -0.2) is 0 Å². The summed E-state index contributed by atoms with van der Waals surface area (Å²) < 4.78 is 40.0. The Hall–Kier alpha value is -1.89. The van der Waals surface area contributed by atoms with Gasteiger partial charge in [0.1, 0.15) is 0 Å². The standard InChI is InChI=1S/C16H19F3N2O2/c1-10(2)7-13-9-15(23,16(17,18)19)21(20-13)14(22)12-6-4-5-11(3)8-12/h4-6,8,10,23H,7,9H2,1-3H3/t15-/m1/s1. The van der Waals surface area contributed by atoms with E-state index in [1.54, 1.807) is 19.1 Å². The fourth-order valence-corrected chi connectivity index (χ4v) is 2.54. The number of hydrogen-bond acceptors (Lipinski definition) is 3. The number of carbonyl (C=O) groups is 1. The molecule has 0 bridgehead atoms. The first-order chi connectivity index (χ1) is 10.5. The molecule has 1 atom stereocenters. The predicted octanol–water partition coefficient (Wildman–Crippen LogP) is 3.49. The van der Waals surface area contributed by atoms with Gasteiger partial charge in [0.05, 0.1) is 0 Å². The van der Waals surface area contributed by atoms with Crippen molar-refractivity contribution in [3.05, 3.63) is 35.4 Å². The minimum Gasteiger partial charge on any atom is -0.362 e. The molecule has 1 amide bonds. The van der Waals surface area contributed by atoms with Crippen molar-refractivity contribution in [3.8, 4) is 0 Å². The third kappa shape index (κ3) is 3.39. The molecule has 4 nitrogen and oxygen atoms in total. The lowest BCUT2D eigenvalue weighted by atomic mass is 9.99. The first-order valence-electron chi connectivity index (χ1n) is 7.31. The van der Waals surface area contributed by atoms with Gasteiger partial charge in [-0.2, -0.15) is 23.3 Å². The van der Waals surface area contributed by atoms with Gasteiger partial charge in [-0.3, -0.25) is 4.79 Å². The van der Waals surface area contributed by atoms with E-state index in [2.05, 4.69) is 5.10 Å². The van der Waals surface area contributed by atoms with Gasteiger partial charge in [0.2, 0.25) is 0 Å². The van der Waals surface area contributed by atoms with E-state index in [9.17, 15) is 23.1 Å². The number of aryl methyl sites for hydroxylation is 1. The molecule has 0 fully saturated rings. The molecular formula is C16H19F3N2O2.